The van der Waals surface area contributed by atoms with Gasteiger partial charge in [-0.3, -0.25) is 15.6 Å². The van der Waals surface area contributed by atoms with E-state index in [1.807, 2.05) is 37.3 Å². The number of anilines is 1. The summed E-state index contributed by atoms with van der Waals surface area (Å²) < 4.78 is 0. The van der Waals surface area contributed by atoms with Crippen LogP contribution in [0.25, 0.3) is 0 Å². The molecule has 4 nitrogen and oxygen atoms in total. The first-order chi connectivity index (χ1) is 8.25. The van der Waals surface area contributed by atoms with Crippen LogP contribution in [-0.2, 0) is 0 Å². The maximum Gasteiger partial charge on any atom is 0.269 e. The smallest absolute Gasteiger partial charge is 0.269 e. The molecule has 0 fully saturated rings. The fourth-order valence-electron chi connectivity index (χ4n) is 1.39. The molecule has 0 atom stereocenters. The van der Waals surface area contributed by atoms with Crippen LogP contribution in [0.3, 0.4) is 0 Å². The zero-order valence-electron chi connectivity index (χ0n) is 9.47. The molecule has 0 bridgehead atoms. The third-order valence-corrected chi connectivity index (χ3v) is 2.26. The SMILES string of the molecule is Cc1ccnc(NNC(=O)c2ccccc2)c1. The number of pyridine rings is 1. The van der Waals surface area contributed by atoms with Crippen LogP contribution in [0.2, 0.25) is 0 Å². The zero-order valence-corrected chi connectivity index (χ0v) is 9.47. The number of rotatable bonds is 3. The third kappa shape index (κ3) is 3.04. The molecule has 0 saturated heterocycles. The second-order valence-corrected chi connectivity index (χ2v) is 3.66. The van der Waals surface area contributed by atoms with Gasteiger partial charge >= 0.3 is 0 Å². The van der Waals surface area contributed by atoms with Crippen molar-refractivity contribution in [3.05, 3.63) is 59.8 Å². The van der Waals surface area contributed by atoms with Gasteiger partial charge in [0.1, 0.15) is 5.82 Å². The molecule has 0 aliphatic carbocycles. The van der Waals surface area contributed by atoms with Gasteiger partial charge in [0.2, 0.25) is 0 Å². The average molecular weight is 227 g/mol. The molecule has 1 aromatic heterocycles. The summed E-state index contributed by atoms with van der Waals surface area (Å²) in [6.07, 6.45) is 1.69. The maximum atomic E-state index is 11.7. The van der Waals surface area contributed by atoms with E-state index in [0.29, 0.717) is 11.4 Å². The van der Waals surface area contributed by atoms with Gasteiger partial charge in [0.25, 0.3) is 5.91 Å². The molecule has 2 aromatic rings. The van der Waals surface area contributed by atoms with E-state index in [0.717, 1.165) is 5.56 Å². The maximum absolute atomic E-state index is 11.7. The molecule has 1 aromatic carbocycles. The summed E-state index contributed by atoms with van der Waals surface area (Å²) in [6.45, 7) is 1.96. The largest absolute Gasteiger partial charge is 0.282 e. The monoisotopic (exact) mass is 227 g/mol. The van der Waals surface area contributed by atoms with E-state index in [1.54, 1.807) is 18.3 Å². The van der Waals surface area contributed by atoms with E-state index in [4.69, 9.17) is 0 Å². The average Bonchev–Trinajstić information content (AvgIpc) is 2.37. The summed E-state index contributed by atoms with van der Waals surface area (Å²) in [4.78, 5) is 15.8. The Morgan fingerprint density at radius 2 is 1.94 bits per heavy atom. The van der Waals surface area contributed by atoms with Crippen molar-refractivity contribution in [1.29, 1.82) is 0 Å². The number of hydrogen-bond acceptors (Lipinski definition) is 3. The Balaban J connectivity index is 1.97. The van der Waals surface area contributed by atoms with Gasteiger partial charge in [-0.1, -0.05) is 18.2 Å². The second kappa shape index (κ2) is 5.12. The first kappa shape index (κ1) is 11.1. The van der Waals surface area contributed by atoms with Gasteiger partial charge in [0, 0.05) is 11.8 Å². The first-order valence-corrected chi connectivity index (χ1v) is 5.30. The van der Waals surface area contributed by atoms with Gasteiger partial charge in [-0.2, -0.15) is 0 Å². The van der Waals surface area contributed by atoms with Gasteiger partial charge in [-0.15, -0.1) is 0 Å². The summed E-state index contributed by atoms with van der Waals surface area (Å²) in [5.41, 5.74) is 7.05. The van der Waals surface area contributed by atoms with Crippen molar-refractivity contribution in [2.24, 2.45) is 0 Å². The molecule has 0 saturated carbocycles. The molecular weight excluding hydrogens is 214 g/mol. The van der Waals surface area contributed by atoms with Crippen molar-refractivity contribution in [2.75, 3.05) is 5.43 Å². The van der Waals surface area contributed by atoms with Crippen LogP contribution in [0.1, 0.15) is 15.9 Å². The minimum atomic E-state index is -0.186. The number of hydrazine groups is 1. The van der Waals surface area contributed by atoms with Crippen LogP contribution >= 0.6 is 0 Å². The number of aryl methyl sites for hydroxylation is 1. The molecule has 4 heteroatoms. The summed E-state index contributed by atoms with van der Waals surface area (Å²) in [5, 5.41) is 0. The standard InChI is InChI=1S/C13H13N3O/c1-10-7-8-14-12(9-10)15-16-13(17)11-5-3-2-4-6-11/h2-9H,1H3,(H,14,15)(H,16,17). The van der Waals surface area contributed by atoms with Crippen LogP contribution < -0.4 is 10.9 Å². The number of hydrogen-bond donors (Lipinski definition) is 2. The van der Waals surface area contributed by atoms with E-state index in [-0.39, 0.29) is 5.91 Å². The summed E-state index contributed by atoms with van der Waals surface area (Å²) >= 11 is 0. The molecule has 1 amide bonds. The predicted octanol–water partition coefficient (Wildman–Crippen LogP) is 2.15. The lowest BCUT2D eigenvalue weighted by molar-refractivity contribution is 0.0962. The molecule has 0 unspecified atom stereocenters. The predicted molar refractivity (Wildman–Crippen MR) is 66.5 cm³/mol. The van der Waals surface area contributed by atoms with Crippen molar-refractivity contribution < 1.29 is 4.79 Å². The highest BCUT2D eigenvalue weighted by Gasteiger charge is 2.03. The number of amides is 1. The second-order valence-electron chi connectivity index (χ2n) is 3.66. The molecule has 0 aliphatic rings. The Labute approximate surface area is 99.7 Å². The van der Waals surface area contributed by atoms with Gasteiger partial charge < -0.3 is 0 Å². The van der Waals surface area contributed by atoms with Gasteiger partial charge in [-0.05, 0) is 36.8 Å². The van der Waals surface area contributed by atoms with Crippen molar-refractivity contribution in [2.45, 2.75) is 6.92 Å². The van der Waals surface area contributed by atoms with Crippen LogP contribution in [0, 0.1) is 6.92 Å². The first-order valence-electron chi connectivity index (χ1n) is 5.30. The lowest BCUT2D eigenvalue weighted by Gasteiger charge is -2.07. The molecule has 2 N–H and O–H groups in total. The molecular formula is C13H13N3O. The Bertz CT molecular complexity index is 511. The van der Waals surface area contributed by atoms with Crippen LogP contribution in [0.4, 0.5) is 5.82 Å². The Morgan fingerprint density at radius 1 is 1.18 bits per heavy atom. The lowest BCUT2D eigenvalue weighted by Crippen LogP contribution is -2.29. The van der Waals surface area contributed by atoms with Gasteiger partial charge in [0.15, 0.2) is 0 Å². The zero-order chi connectivity index (χ0) is 12.1. The van der Waals surface area contributed by atoms with Crippen molar-refractivity contribution >= 4 is 11.7 Å². The lowest BCUT2D eigenvalue weighted by atomic mass is 10.2. The molecule has 0 spiro atoms. The molecule has 17 heavy (non-hydrogen) atoms. The highest BCUT2D eigenvalue weighted by molar-refractivity contribution is 5.94. The number of carbonyl (C=O) groups is 1. The Kier molecular flexibility index (Phi) is 3.35. The van der Waals surface area contributed by atoms with Gasteiger partial charge in [-0.25, -0.2) is 4.98 Å². The van der Waals surface area contributed by atoms with Crippen LogP contribution in [0.15, 0.2) is 48.7 Å². The fourth-order valence-corrected chi connectivity index (χ4v) is 1.39. The van der Waals surface area contributed by atoms with E-state index < -0.39 is 0 Å². The highest BCUT2D eigenvalue weighted by Crippen LogP contribution is 2.04. The van der Waals surface area contributed by atoms with E-state index in [1.165, 1.54) is 0 Å². The summed E-state index contributed by atoms with van der Waals surface area (Å²) in [5.74, 6) is 0.434. The van der Waals surface area contributed by atoms with E-state index >= 15 is 0 Å². The van der Waals surface area contributed by atoms with Crippen LogP contribution in [-0.4, -0.2) is 10.9 Å². The van der Waals surface area contributed by atoms with E-state index in [2.05, 4.69) is 15.8 Å². The fraction of sp³-hybridized carbons (Fsp3) is 0.0769. The topological polar surface area (TPSA) is 54.0 Å². The van der Waals surface area contributed by atoms with Crippen molar-refractivity contribution in [3.63, 3.8) is 0 Å². The Morgan fingerprint density at radius 3 is 2.65 bits per heavy atom. The number of aromatic nitrogens is 1. The highest BCUT2D eigenvalue weighted by atomic mass is 16.2. The quantitative estimate of drug-likeness (QED) is 0.790. The third-order valence-electron chi connectivity index (χ3n) is 2.26. The summed E-state index contributed by atoms with van der Waals surface area (Å²) in [7, 11) is 0. The molecule has 0 radical (unpaired) electrons. The van der Waals surface area contributed by atoms with Crippen LogP contribution in [0.5, 0.6) is 0 Å². The van der Waals surface area contributed by atoms with E-state index in [9.17, 15) is 4.79 Å². The minimum absolute atomic E-state index is 0.186. The number of nitrogens with one attached hydrogen (secondary N) is 2. The summed E-state index contributed by atoms with van der Waals surface area (Å²) in [6, 6.07) is 12.8. The Hall–Kier alpha value is -2.36. The van der Waals surface area contributed by atoms with Crippen molar-refractivity contribution in [1.82, 2.24) is 10.4 Å². The van der Waals surface area contributed by atoms with Gasteiger partial charge in [0.05, 0.1) is 0 Å². The number of nitrogens with zero attached hydrogens (tertiary/aromatic N) is 1. The molecule has 86 valence electrons. The normalized spacial score (nSPS) is 9.71. The number of carbonyl (C=O) groups excluding carboxylic acids is 1. The number of benzene rings is 1. The van der Waals surface area contributed by atoms with Crippen molar-refractivity contribution in [3.8, 4) is 0 Å². The molecule has 2 rings (SSSR count). The minimum Gasteiger partial charge on any atom is -0.282 e. The molecule has 1 heterocycles. The molecule has 0 aliphatic heterocycles.